The zero-order valence-corrected chi connectivity index (χ0v) is 7.06. The topological polar surface area (TPSA) is 38.9 Å². The molecule has 1 aromatic rings. The first-order valence-corrected chi connectivity index (χ1v) is 4.24. The summed E-state index contributed by atoms with van der Waals surface area (Å²) in [5.41, 5.74) is 5.69. The molecule has 0 amide bonds. The first-order valence-electron chi connectivity index (χ1n) is 3.37. The number of rotatable bonds is 2. The predicted molar refractivity (Wildman–Crippen MR) is 44.2 cm³/mol. The Hall–Kier alpha value is -0.410. The zero-order chi connectivity index (χ0) is 7.56. The SMILES string of the molecule is CC(N)C(C)c1nccs1. The molecule has 56 valence electrons. The minimum atomic E-state index is 0.200. The largest absolute Gasteiger partial charge is 0.327 e. The van der Waals surface area contributed by atoms with Gasteiger partial charge in [-0.3, -0.25) is 0 Å². The summed E-state index contributed by atoms with van der Waals surface area (Å²) in [6, 6.07) is 0.200. The van der Waals surface area contributed by atoms with E-state index < -0.39 is 0 Å². The second kappa shape index (κ2) is 3.12. The van der Waals surface area contributed by atoms with Crippen LogP contribution in [0.15, 0.2) is 11.6 Å². The molecule has 0 aliphatic heterocycles. The molecule has 2 unspecified atom stereocenters. The van der Waals surface area contributed by atoms with Gasteiger partial charge in [-0.2, -0.15) is 0 Å². The summed E-state index contributed by atoms with van der Waals surface area (Å²) in [5, 5.41) is 3.11. The van der Waals surface area contributed by atoms with E-state index >= 15 is 0 Å². The molecule has 2 nitrogen and oxygen atoms in total. The number of aromatic nitrogens is 1. The van der Waals surface area contributed by atoms with Gasteiger partial charge in [0.25, 0.3) is 0 Å². The highest BCUT2D eigenvalue weighted by molar-refractivity contribution is 7.09. The van der Waals surface area contributed by atoms with E-state index in [1.807, 2.05) is 18.5 Å². The van der Waals surface area contributed by atoms with Gasteiger partial charge in [-0.15, -0.1) is 11.3 Å². The van der Waals surface area contributed by atoms with E-state index in [4.69, 9.17) is 5.73 Å². The lowest BCUT2D eigenvalue weighted by Gasteiger charge is -2.11. The maximum Gasteiger partial charge on any atom is 0.0968 e. The number of nitrogens with zero attached hydrogens (tertiary/aromatic N) is 1. The summed E-state index contributed by atoms with van der Waals surface area (Å²) in [6.45, 7) is 4.11. The van der Waals surface area contributed by atoms with Crippen LogP contribution in [0.1, 0.15) is 24.8 Å². The van der Waals surface area contributed by atoms with Crippen molar-refractivity contribution in [1.29, 1.82) is 0 Å². The fourth-order valence-electron chi connectivity index (χ4n) is 0.684. The van der Waals surface area contributed by atoms with Gasteiger partial charge in [0, 0.05) is 23.5 Å². The Morgan fingerprint density at radius 1 is 1.60 bits per heavy atom. The van der Waals surface area contributed by atoms with Gasteiger partial charge in [0.1, 0.15) is 0 Å². The molecule has 1 aromatic heterocycles. The van der Waals surface area contributed by atoms with Crippen LogP contribution >= 0.6 is 11.3 Å². The lowest BCUT2D eigenvalue weighted by atomic mass is 10.1. The maximum atomic E-state index is 5.69. The van der Waals surface area contributed by atoms with Gasteiger partial charge in [0.05, 0.1) is 5.01 Å². The Morgan fingerprint density at radius 2 is 2.30 bits per heavy atom. The van der Waals surface area contributed by atoms with E-state index in [1.165, 1.54) is 0 Å². The van der Waals surface area contributed by atoms with Gasteiger partial charge in [-0.25, -0.2) is 4.98 Å². The van der Waals surface area contributed by atoms with Crippen LogP contribution in [0.5, 0.6) is 0 Å². The molecule has 0 saturated carbocycles. The lowest BCUT2D eigenvalue weighted by Crippen LogP contribution is -2.22. The third-order valence-corrected chi connectivity index (χ3v) is 2.61. The van der Waals surface area contributed by atoms with Crippen molar-refractivity contribution in [2.45, 2.75) is 25.8 Å². The fraction of sp³-hybridized carbons (Fsp3) is 0.571. The number of hydrogen-bond acceptors (Lipinski definition) is 3. The van der Waals surface area contributed by atoms with Gasteiger partial charge in [0.15, 0.2) is 0 Å². The number of nitrogens with two attached hydrogens (primary N) is 1. The van der Waals surface area contributed by atoms with Crippen molar-refractivity contribution in [3.63, 3.8) is 0 Å². The highest BCUT2D eigenvalue weighted by atomic mass is 32.1. The molecule has 0 bridgehead atoms. The van der Waals surface area contributed by atoms with Crippen molar-refractivity contribution >= 4 is 11.3 Å². The standard InChI is InChI=1S/C7H12N2S/c1-5(6(2)8)7-9-3-4-10-7/h3-6H,8H2,1-2H3. The Bertz CT molecular complexity index is 181. The monoisotopic (exact) mass is 156 g/mol. The normalized spacial score (nSPS) is 16.7. The van der Waals surface area contributed by atoms with Gasteiger partial charge in [-0.1, -0.05) is 6.92 Å². The van der Waals surface area contributed by atoms with Crippen LogP contribution in [0.3, 0.4) is 0 Å². The van der Waals surface area contributed by atoms with Crippen LogP contribution in [0.25, 0.3) is 0 Å². The maximum absolute atomic E-state index is 5.69. The smallest absolute Gasteiger partial charge is 0.0968 e. The van der Waals surface area contributed by atoms with Gasteiger partial charge in [0.2, 0.25) is 0 Å². The third kappa shape index (κ3) is 1.55. The van der Waals surface area contributed by atoms with Crippen LogP contribution in [0.2, 0.25) is 0 Å². The Labute approximate surface area is 65.1 Å². The molecular formula is C7H12N2S. The lowest BCUT2D eigenvalue weighted by molar-refractivity contribution is 0.610. The van der Waals surface area contributed by atoms with Crippen molar-refractivity contribution < 1.29 is 0 Å². The molecule has 3 heteroatoms. The summed E-state index contributed by atoms with van der Waals surface area (Å²) < 4.78 is 0. The van der Waals surface area contributed by atoms with Crippen molar-refractivity contribution in [2.75, 3.05) is 0 Å². The number of hydrogen-bond donors (Lipinski definition) is 1. The first kappa shape index (κ1) is 7.69. The molecule has 2 N–H and O–H groups in total. The summed E-state index contributed by atoms with van der Waals surface area (Å²) >= 11 is 1.67. The Morgan fingerprint density at radius 3 is 2.70 bits per heavy atom. The summed E-state index contributed by atoms with van der Waals surface area (Å²) in [7, 11) is 0. The Kier molecular flexibility index (Phi) is 2.40. The summed E-state index contributed by atoms with van der Waals surface area (Å²) in [4.78, 5) is 4.18. The highest BCUT2D eigenvalue weighted by Gasteiger charge is 2.11. The molecule has 1 heterocycles. The van der Waals surface area contributed by atoms with Crippen LogP contribution in [-0.4, -0.2) is 11.0 Å². The van der Waals surface area contributed by atoms with E-state index in [2.05, 4.69) is 11.9 Å². The molecule has 0 saturated heterocycles. The molecule has 0 radical (unpaired) electrons. The molecule has 0 fully saturated rings. The summed E-state index contributed by atoms with van der Waals surface area (Å²) in [6.07, 6.45) is 1.82. The van der Waals surface area contributed by atoms with E-state index in [0.29, 0.717) is 5.92 Å². The third-order valence-electron chi connectivity index (χ3n) is 1.63. The van der Waals surface area contributed by atoms with Crippen LogP contribution in [0.4, 0.5) is 0 Å². The zero-order valence-electron chi connectivity index (χ0n) is 6.24. The molecular weight excluding hydrogens is 144 g/mol. The average molecular weight is 156 g/mol. The van der Waals surface area contributed by atoms with Crippen molar-refractivity contribution in [2.24, 2.45) is 5.73 Å². The van der Waals surface area contributed by atoms with Gasteiger partial charge < -0.3 is 5.73 Å². The molecule has 1 rings (SSSR count). The second-order valence-corrected chi connectivity index (χ2v) is 3.44. The van der Waals surface area contributed by atoms with Gasteiger partial charge >= 0.3 is 0 Å². The van der Waals surface area contributed by atoms with Crippen LogP contribution in [0, 0.1) is 0 Å². The summed E-state index contributed by atoms with van der Waals surface area (Å²) in [5.74, 6) is 0.389. The first-order chi connectivity index (χ1) is 4.72. The fourth-order valence-corrected chi connectivity index (χ4v) is 1.50. The minimum Gasteiger partial charge on any atom is -0.327 e. The second-order valence-electron chi connectivity index (χ2n) is 2.52. The van der Waals surface area contributed by atoms with E-state index in [9.17, 15) is 0 Å². The van der Waals surface area contributed by atoms with Crippen molar-refractivity contribution in [1.82, 2.24) is 4.98 Å². The number of thiazole rings is 1. The molecule has 0 aliphatic carbocycles. The van der Waals surface area contributed by atoms with Crippen molar-refractivity contribution in [3.8, 4) is 0 Å². The van der Waals surface area contributed by atoms with Crippen LogP contribution in [-0.2, 0) is 0 Å². The van der Waals surface area contributed by atoms with E-state index in [-0.39, 0.29) is 6.04 Å². The van der Waals surface area contributed by atoms with Crippen molar-refractivity contribution in [3.05, 3.63) is 16.6 Å². The van der Waals surface area contributed by atoms with Gasteiger partial charge in [-0.05, 0) is 6.92 Å². The molecule has 2 atom stereocenters. The highest BCUT2D eigenvalue weighted by Crippen LogP contribution is 2.19. The predicted octanol–water partition coefficient (Wildman–Crippen LogP) is 1.59. The molecule has 0 spiro atoms. The molecule has 0 aliphatic rings. The van der Waals surface area contributed by atoms with E-state index in [0.717, 1.165) is 5.01 Å². The Balaban J connectivity index is 2.68. The quantitative estimate of drug-likeness (QED) is 0.706. The molecule has 10 heavy (non-hydrogen) atoms. The van der Waals surface area contributed by atoms with E-state index in [1.54, 1.807) is 11.3 Å². The minimum absolute atomic E-state index is 0.200. The van der Waals surface area contributed by atoms with Crippen LogP contribution < -0.4 is 5.73 Å². The average Bonchev–Trinajstić information content (AvgIpc) is 2.36. The molecule has 0 aromatic carbocycles.